The van der Waals surface area contributed by atoms with Gasteiger partial charge in [0.1, 0.15) is 5.82 Å². The van der Waals surface area contributed by atoms with E-state index >= 15 is 0 Å². The monoisotopic (exact) mass is 337 g/mol. The Morgan fingerprint density at radius 3 is 2.39 bits per heavy atom. The molecule has 3 aromatic rings. The molecule has 3 rings (SSSR count). The summed E-state index contributed by atoms with van der Waals surface area (Å²) in [6.45, 7) is -2.94. The first-order valence-electron chi connectivity index (χ1n) is 6.48. The van der Waals surface area contributed by atoms with Crippen LogP contribution in [-0.4, -0.2) is 9.55 Å². The lowest BCUT2D eigenvalue weighted by Crippen LogP contribution is -2.18. The summed E-state index contributed by atoms with van der Waals surface area (Å²) in [6.07, 6.45) is 1.06. The number of rotatable bonds is 3. The average Bonchev–Trinajstić information content (AvgIpc) is 2.90. The molecular weight excluding hydrogens is 327 g/mol. The van der Waals surface area contributed by atoms with E-state index < -0.39 is 17.9 Å². The fourth-order valence-electron chi connectivity index (χ4n) is 2.13. The second kappa shape index (κ2) is 5.88. The lowest BCUT2D eigenvalue weighted by Gasteiger charge is -2.07. The molecule has 23 heavy (non-hydrogen) atoms. The Morgan fingerprint density at radius 2 is 1.74 bits per heavy atom. The Labute approximate surface area is 132 Å². The summed E-state index contributed by atoms with van der Waals surface area (Å²) in [7, 11) is 0. The normalized spacial score (nSPS) is 11.1. The van der Waals surface area contributed by atoms with E-state index in [0.717, 1.165) is 23.6 Å². The summed E-state index contributed by atoms with van der Waals surface area (Å²) in [5, 5.41) is 0.245. The predicted molar refractivity (Wildman–Crippen MR) is 82.9 cm³/mol. The second-order valence-electron chi connectivity index (χ2n) is 4.68. The Balaban J connectivity index is 2.16. The summed E-state index contributed by atoms with van der Waals surface area (Å²) in [5.41, 5.74) is 6.37. The maximum absolute atomic E-state index is 13.1. The fourth-order valence-corrected chi connectivity index (χ4v) is 2.97. The molecule has 0 spiro atoms. The van der Waals surface area contributed by atoms with E-state index in [-0.39, 0.29) is 5.13 Å². The van der Waals surface area contributed by atoms with Gasteiger partial charge in [0, 0.05) is 23.4 Å². The molecule has 4 nitrogen and oxygen atoms in total. The largest absolute Gasteiger partial charge is 0.375 e. The van der Waals surface area contributed by atoms with Gasteiger partial charge in [-0.15, -0.1) is 0 Å². The molecule has 2 heterocycles. The topological polar surface area (TPSA) is 60.9 Å². The molecule has 0 amide bonds. The van der Waals surface area contributed by atoms with Gasteiger partial charge < -0.3 is 5.73 Å². The Bertz CT molecular complexity index is 903. The summed E-state index contributed by atoms with van der Waals surface area (Å²) < 4.78 is 39.1. The van der Waals surface area contributed by atoms with Crippen molar-refractivity contribution >= 4 is 16.5 Å². The standard InChI is InChI=1S/C15H10F3N3OS/c16-10-4-1-8(2-5-10)12-13(23-15(19)20-12)9-3-6-11(22)21(7-9)14(17)18/h1-7,14H,(H2,19,20). The maximum atomic E-state index is 13.1. The predicted octanol–water partition coefficient (Wildman–Crippen LogP) is 3.76. The average molecular weight is 337 g/mol. The molecule has 2 aromatic heterocycles. The Morgan fingerprint density at radius 1 is 1.09 bits per heavy atom. The van der Waals surface area contributed by atoms with E-state index in [1.807, 2.05) is 0 Å². The molecule has 0 aliphatic carbocycles. The summed E-state index contributed by atoms with van der Waals surface area (Å²) in [4.78, 5) is 16.2. The minimum absolute atomic E-state index is 0.245. The minimum Gasteiger partial charge on any atom is -0.375 e. The van der Waals surface area contributed by atoms with Crippen molar-refractivity contribution in [2.24, 2.45) is 0 Å². The van der Waals surface area contributed by atoms with Crippen LogP contribution in [0.15, 0.2) is 47.4 Å². The smallest absolute Gasteiger partial charge is 0.321 e. The number of halogens is 3. The van der Waals surface area contributed by atoms with Crippen LogP contribution in [0.4, 0.5) is 18.3 Å². The fraction of sp³-hybridized carbons (Fsp3) is 0.0667. The molecule has 0 fully saturated rings. The molecule has 0 atom stereocenters. The van der Waals surface area contributed by atoms with Crippen LogP contribution in [0, 0.1) is 5.82 Å². The number of nitrogens with two attached hydrogens (primary N) is 1. The molecule has 2 N–H and O–H groups in total. The van der Waals surface area contributed by atoms with E-state index in [1.165, 1.54) is 30.3 Å². The summed E-state index contributed by atoms with van der Waals surface area (Å²) >= 11 is 1.11. The van der Waals surface area contributed by atoms with Gasteiger partial charge in [0.2, 0.25) is 0 Å². The number of nitrogens with zero attached hydrogens (tertiary/aromatic N) is 2. The SMILES string of the molecule is Nc1nc(-c2ccc(F)cc2)c(-c2ccc(=O)n(C(F)F)c2)s1. The molecule has 0 aliphatic heterocycles. The quantitative estimate of drug-likeness (QED) is 0.792. The highest BCUT2D eigenvalue weighted by Gasteiger charge is 2.16. The highest BCUT2D eigenvalue weighted by atomic mass is 32.1. The lowest BCUT2D eigenvalue weighted by atomic mass is 10.1. The zero-order valence-electron chi connectivity index (χ0n) is 11.5. The van der Waals surface area contributed by atoms with Gasteiger partial charge in [0.25, 0.3) is 5.56 Å². The molecule has 0 unspecified atom stereocenters. The highest BCUT2D eigenvalue weighted by Crippen LogP contribution is 2.37. The van der Waals surface area contributed by atoms with Crippen molar-refractivity contribution in [1.29, 1.82) is 0 Å². The van der Waals surface area contributed by atoms with Crippen LogP contribution >= 0.6 is 11.3 Å². The van der Waals surface area contributed by atoms with Crippen molar-refractivity contribution in [2.45, 2.75) is 6.55 Å². The highest BCUT2D eigenvalue weighted by molar-refractivity contribution is 7.19. The number of benzene rings is 1. The first-order chi connectivity index (χ1) is 11.0. The molecule has 0 saturated carbocycles. The van der Waals surface area contributed by atoms with Crippen molar-refractivity contribution in [2.75, 3.05) is 5.73 Å². The summed E-state index contributed by atoms with van der Waals surface area (Å²) in [6, 6.07) is 8.09. The van der Waals surface area contributed by atoms with Gasteiger partial charge in [-0.1, -0.05) is 11.3 Å². The molecule has 118 valence electrons. The van der Waals surface area contributed by atoms with Crippen molar-refractivity contribution in [3.8, 4) is 21.7 Å². The first kappa shape index (κ1) is 15.3. The van der Waals surface area contributed by atoms with E-state index in [2.05, 4.69) is 4.98 Å². The van der Waals surface area contributed by atoms with Crippen molar-refractivity contribution in [3.05, 3.63) is 58.8 Å². The first-order valence-corrected chi connectivity index (χ1v) is 7.30. The lowest BCUT2D eigenvalue weighted by molar-refractivity contribution is 0.0665. The van der Waals surface area contributed by atoms with Crippen LogP contribution in [0.5, 0.6) is 0 Å². The molecule has 1 aromatic carbocycles. The van der Waals surface area contributed by atoms with Crippen molar-refractivity contribution < 1.29 is 13.2 Å². The summed E-state index contributed by atoms with van der Waals surface area (Å²) in [5.74, 6) is -0.398. The number of anilines is 1. The van der Waals surface area contributed by atoms with Gasteiger partial charge in [0.15, 0.2) is 5.13 Å². The van der Waals surface area contributed by atoms with Crippen LogP contribution in [0.2, 0.25) is 0 Å². The maximum Gasteiger partial charge on any atom is 0.321 e. The molecule has 0 bridgehead atoms. The van der Waals surface area contributed by atoms with Crippen molar-refractivity contribution in [1.82, 2.24) is 9.55 Å². The Kier molecular flexibility index (Phi) is 3.91. The van der Waals surface area contributed by atoms with Crippen LogP contribution in [-0.2, 0) is 0 Å². The van der Waals surface area contributed by atoms with E-state index in [0.29, 0.717) is 26.3 Å². The second-order valence-corrected chi connectivity index (χ2v) is 5.71. The van der Waals surface area contributed by atoms with Gasteiger partial charge in [-0.2, -0.15) is 8.78 Å². The van der Waals surface area contributed by atoms with Crippen molar-refractivity contribution in [3.63, 3.8) is 0 Å². The molecule has 0 radical (unpaired) electrons. The zero-order valence-corrected chi connectivity index (χ0v) is 12.4. The van der Waals surface area contributed by atoms with Gasteiger partial charge >= 0.3 is 6.55 Å². The van der Waals surface area contributed by atoms with Crippen LogP contribution < -0.4 is 11.3 Å². The Hall–Kier alpha value is -2.61. The van der Waals surface area contributed by atoms with E-state index in [4.69, 9.17) is 5.73 Å². The van der Waals surface area contributed by atoms with Gasteiger partial charge in [-0.25, -0.2) is 9.37 Å². The number of aromatic nitrogens is 2. The number of thiazole rings is 1. The third-order valence-electron chi connectivity index (χ3n) is 3.17. The van der Waals surface area contributed by atoms with Crippen LogP contribution in [0.1, 0.15) is 6.55 Å². The number of pyridine rings is 1. The molecular formula is C15H10F3N3OS. The molecule has 8 heteroatoms. The van der Waals surface area contributed by atoms with Gasteiger partial charge in [-0.3, -0.25) is 9.36 Å². The van der Waals surface area contributed by atoms with Gasteiger partial charge in [0.05, 0.1) is 10.6 Å². The van der Waals surface area contributed by atoms with E-state index in [9.17, 15) is 18.0 Å². The molecule has 0 aliphatic rings. The number of hydrogen-bond donors (Lipinski definition) is 1. The molecule has 0 saturated heterocycles. The van der Waals surface area contributed by atoms with E-state index in [1.54, 1.807) is 0 Å². The number of nitrogen functional groups attached to an aromatic ring is 1. The van der Waals surface area contributed by atoms with Gasteiger partial charge in [-0.05, 0) is 30.3 Å². The third-order valence-corrected chi connectivity index (χ3v) is 4.11. The van der Waals surface area contributed by atoms with Crippen LogP contribution in [0.25, 0.3) is 21.7 Å². The number of hydrogen-bond acceptors (Lipinski definition) is 4. The zero-order chi connectivity index (χ0) is 16.6. The van der Waals surface area contributed by atoms with Crippen LogP contribution in [0.3, 0.4) is 0 Å². The minimum atomic E-state index is -2.94. The third kappa shape index (κ3) is 2.98. The number of alkyl halides is 2.